The molecule has 14 heavy (non-hydrogen) atoms. The second-order valence-corrected chi connectivity index (χ2v) is 6.96. The van der Waals surface area contributed by atoms with E-state index in [1.165, 1.54) is 0 Å². The van der Waals surface area contributed by atoms with Gasteiger partial charge >= 0.3 is 0 Å². The van der Waals surface area contributed by atoms with Gasteiger partial charge in [0, 0.05) is 6.42 Å². The predicted molar refractivity (Wildman–Crippen MR) is 69.2 cm³/mol. The van der Waals surface area contributed by atoms with Gasteiger partial charge in [0.2, 0.25) is 0 Å². The Balaban J connectivity index is 4.45. The molecule has 0 unspecified atom stereocenters. The average Bonchev–Trinajstić information content (AvgIpc) is 2.03. The zero-order chi connectivity index (χ0) is 11.0. The van der Waals surface area contributed by atoms with Crippen LogP contribution in [-0.4, -0.2) is 21.4 Å². The molecule has 0 saturated heterocycles. The SMILES string of the molecule is CCCC(CC(C)=O)(SCC)SCC. The minimum absolute atomic E-state index is 0.157. The number of ketones is 1. The normalized spacial score (nSPS) is 11.7. The van der Waals surface area contributed by atoms with Gasteiger partial charge in [-0.2, -0.15) is 0 Å². The molecule has 0 atom stereocenters. The molecule has 0 bridgehead atoms. The zero-order valence-corrected chi connectivity index (χ0v) is 11.4. The number of hydrogen-bond donors (Lipinski definition) is 0. The molecule has 0 aromatic rings. The second kappa shape index (κ2) is 7.63. The third-order valence-electron chi connectivity index (χ3n) is 1.96. The quantitative estimate of drug-likeness (QED) is 0.592. The van der Waals surface area contributed by atoms with Crippen LogP contribution in [0.4, 0.5) is 0 Å². The van der Waals surface area contributed by atoms with Gasteiger partial charge in [0.05, 0.1) is 4.08 Å². The highest BCUT2D eigenvalue weighted by Gasteiger charge is 2.30. The second-order valence-electron chi connectivity index (χ2n) is 3.41. The molecule has 0 N–H and O–H groups in total. The molecule has 0 aromatic heterocycles. The summed E-state index contributed by atoms with van der Waals surface area (Å²) in [5, 5.41) is 0. The molecule has 0 aromatic carbocycles. The van der Waals surface area contributed by atoms with Crippen molar-refractivity contribution in [1.82, 2.24) is 0 Å². The van der Waals surface area contributed by atoms with Gasteiger partial charge in [-0.3, -0.25) is 4.79 Å². The molecule has 1 nitrogen and oxygen atoms in total. The largest absolute Gasteiger partial charge is 0.300 e. The number of rotatable bonds is 8. The summed E-state index contributed by atoms with van der Waals surface area (Å²) in [5.41, 5.74) is 0. The lowest BCUT2D eigenvalue weighted by Crippen LogP contribution is -2.24. The maximum Gasteiger partial charge on any atom is 0.132 e. The third-order valence-corrected chi connectivity index (χ3v) is 5.00. The number of carbonyl (C=O) groups excluding carboxylic acids is 1. The van der Waals surface area contributed by atoms with Gasteiger partial charge in [-0.15, -0.1) is 23.5 Å². The number of thioether (sulfide) groups is 2. The summed E-state index contributed by atoms with van der Waals surface area (Å²) in [6.45, 7) is 8.25. The van der Waals surface area contributed by atoms with E-state index < -0.39 is 0 Å². The molecule has 84 valence electrons. The Labute approximate surface area is 96.8 Å². The van der Waals surface area contributed by atoms with Crippen molar-refractivity contribution in [3.8, 4) is 0 Å². The summed E-state index contributed by atoms with van der Waals surface area (Å²) < 4.78 is 0.157. The lowest BCUT2D eigenvalue weighted by Gasteiger charge is -2.31. The van der Waals surface area contributed by atoms with Crippen molar-refractivity contribution < 1.29 is 4.79 Å². The Morgan fingerprint density at radius 2 is 1.64 bits per heavy atom. The molecule has 0 spiro atoms. The van der Waals surface area contributed by atoms with Crippen LogP contribution in [0.15, 0.2) is 0 Å². The molecular formula is C11H22OS2. The highest BCUT2D eigenvalue weighted by atomic mass is 32.2. The van der Waals surface area contributed by atoms with Crippen LogP contribution in [0.1, 0.15) is 47.0 Å². The molecule has 0 fully saturated rings. The zero-order valence-electron chi connectivity index (χ0n) is 9.76. The van der Waals surface area contributed by atoms with Gasteiger partial charge in [-0.1, -0.05) is 27.2 Å². The topological polar surface area (TPSA) is 17.1 Å². The van der Waals surface area contributed by atoms with Crippen LogP contribution in [0.5, 0.6) is 0 Å². The van der Waals surface area contributed by atoms with Crippen molar-refractivity contribution in [2.75, 3.05) is 11.5 Å². The van der Waals surface area contributed by atoms with Crippen LogP contribution < -0.4 is 0 Å². The van der Waals surface area contributed by atoms with E-state index in [1.54, 1.807) is 6.92 Å². The molecule has 0 amide bonds. The first-order chi connectivity index (χ1) is 6.60. The van der Waals surface area contributed by atoms with Gasteiger partial charge < -0.3 is 0 Å². The van der Waals surface area contributed by atoms with Crippen LogP contribution in [-0.2, 0) is 4.79 Å². The van der Waals surface area contributed by atoms with Crippen molar-refractivity contribution in [2.45, 2.75) is 51.0 Å². The van der Waals surface area contributed by atoms with E-state index in [-0.39, 0.29) is 4.08 Å². The molecule has 3 heteroatoms. The summed E-state index contributed by atoms with van der Waals surface area (Å²) in [4.78, 5) is 11.3. The fourth-order valence-corrected chi connectivity index (χ4v) is 5.06. The van der Waals surface area contributed by atoms with Gasteiger partial charge in [0.15, 0.2) is 0 Å². The molecule has 0 aliphatic carbocycles. The summed E-state index contributed by atoms with van der Waals surface area (Å²) in [6.07, 6.45) is 3.02. The summed E-state index contributed by atoms with van der Waals surface area (Å²) >= 11 is 3.89. The highest BCUT2D eigenvalue weighted by molar-refractivity contribution is 8.18. The predicted octanol–water partition coefficient (Wildman–Crippen LogP) is 3.97. The Bertz CT molecular complexity index is 152. The fourth-order valence-electron chi connectivity index (χ4n) is 1.66. The number of Topliss-reactive ketones (excluding diaryl/α,β-unsaturated/α-hetero) is 1. The third kappa shape index (κ3) is 5.30. The molecule has 0 rings (SSSR count). The van der Waals surface area contributed by atoms with Crippen LogP contribution in [0, 0.1) is 0 Å². The van der Waals surface area contributed by atoms with E-state index in [4.69, 9.17) is 0 Å². The van der Waals surface area contributed by atoms with Gasteiger partial charge in [0.25, 0.3) is 0 Å². The number of hydrogen-bond acceptors (Lipinski definition) is 3. The van der Waals surface area contributed by atoms with Crippen molar-refractivity contribution in [3.63, 3.8) is 0 Å². The highest BCUT2D eigenvalue weighted by Crippen LogP contribution is 2.44. The standard InChI is InChI=1S/C11H22OS2/c1-5-8-11(13-6-2,14-7-3)9-10(4)12/h5-9H2,1-4H3. The first-order valence-electron chi connectivity index (χ1n) is 5.37. The summed E-state index contributed by atoms with van der Waals surface area (Å²) in [6, 6.07) is 0. The minimum Gasteiger partial charge on any atom is -0.300 e. The number of carbonyl (C=O) groups is 1. The molecular weight excluding hydrogens is 212 g/mol. The van der Waals surface area contributed by atoms with Gasteiger partial charge in [0.1, 0.15) is 5.78 Å². The Kier molecular flexibility index (Phi) is 7.84. The van der Waals surface area contributed by atoms with E-state index in [2.05, 4.69) is 20.8 Å². The molecule has 0 saturated carbocycles. The summed E-state index contributed by atoms with van der Waals surface area (Å²) in [5.74, 6) is 2.51. The summed E-state index contributed by atoms with van der Waals surface area (Å²) in [7, 11) is 0. The van der Waals surface area contributed by atoms with Crippen LogP contribution in [0.2, 0.25) is 0 Å². The maximum atomic E-state index is 11.3. The van der Waals surface area contributed by atoms with Crippen molar-refractivity contribution >= 4 is 29.3 Å². The first kappa shape index (κ1) is 14.4. The fraction of sp³-hybridized carbons (Fsp3) is 0.909. The molecule has 0 aliphatic rings. The Morgan fingerprint density at radius 1 is 1.14 bits per heavy atom. The van der Waals surface area contributed by atoms with E-state index in [0.29, 0.717) is 5.78 Å². The minimum atomic E-state index is 0.157. The Hall–Kier alpha value is 0.370. The van der Waals surface area contributed by atoms with Crippen molar-refractivity contribution in [3.05, 3.63) is 0 Å². The van der Waals surface area contributed by atoms with Gasteiger partial charge in [-0.25, -0.2) is 0 Å². The van der Waals surface area contributed by atoms with E-state index in [0.717, 1.165) is 30.8 Å². The molecule has 0 aliphatic heterocycles. The molecule has 0 radical (unpaired) electrons. The Morgan fingerprint density at radius 3 is 1.93 bits per heavy atom. The monoisotopic (exact) mass is 234 g/mol. The lowest BCUT2D eigenvalue weighted by atomic mass is 10.1. The smallest absolute Gasteiger partial charge is 0.132 e. The molecule has 0 heterocycles. The van der Waals surface area contributed by atoms with Crippen molar-refractivity contribution in [2.24, 2.45) is 0 Å². The maximum absolute atomic E-state index is 11.3. The first-order valence-corrected chi connectivity index (χ1v) is 7.34. The van der Waals surface area contributed by atoms with Crippen LogP contribution in [0.3, 0.4) is 0 Å². The average molecular weight is 234 g/mol. The lowest BCUT2D eigenvalue weighted by molar-refractivity contribution is -0.117. The van der Waals surface area contributed by atoms with E-state index in [9.17, 15) is 4.79 Å². The van der Waals surface area contributed by atoms with Crippen LogP contribution in [0.25, 0.3) is 0 Å². The van der Waals surface area contributed by atoms with E-state index >= 15 is 0 Å². The van der Waals surface area contributed by atoms with Crippen molar-refractivity contribution in [1.29, 1.82) is 0 Å². The van der Waals surface area contributed by atoms with E-state index in [1.807, 2.05) is 23.5 Å². The van der Waals surface area contributed by atoms with Gasteiger partial charge in [-0.05, 0) is 24.9 Å². The van der Waals surface area contributed by atoms with Crippen LogP contribution >= 0.6 is 23.5 Å².